The molecular formula is C22H20ClF2N3O3S2. The highest BCUT2D eigenvalue weighted by atomic mass is 35.5. The summed E-state index contributed by atoms with van der Waals surface area (Å²) in [6, 6.07) is 7.87. The van der Waals surface area contributed by atoms with Crippen molar-refractivity contribution >= 4 is 44.4 Å². The Bertz CT molecular complexity index is 1280. The summed E-state index contributed by atoms with van der Waals surface area (Å²) in [5.74, 6) is -1.60. The van der Waals surface area contributed by atoms with E-state index in [-0.39, 0.29) is 41.0 Å². The summed E-state index contributed by atoms with van der Waals surface area (Å²) in [6.45, 7) is 0.0614. The molecular weight excluding hydrogens is 492 g/mol. The van der Waals surface area contributed by atoms with Gasteiger partial charge in [0.25, 0.3) is 10.0 Å². The summed E-state index contributed by atoms with van der Waals surface area (Å²) >= 11 is 7.42. The first-order chi connectivity index (χ1) is 15.7. The molecule has 1 aromatic heterocycles. The van der Waals surface area contributed by atoms with Gasteiger partial charge in [-0.3, -0.25) is 4.72 Å². The molecule has 2 atom stereocenters. The summed E-state index contributed by atoms with van der Waals surface area (Å²) in [5.41, 5.74) is 9.30. The molecule has 0 radical (unpaired) electrons. The third-order valence-electron chi connectivity index (χ3n) is 5.30. The molecule has 0 aliphatic heterocycles. The van der Waals surface area contributed by atoms with E-state index in [0.29, 0.717) is 12.0 Å². The van der Waals surface area contributed by atoms with Gasteiger partial charge in [0.05, 0.1) is 17.1 Å². The van der Waals surface area contributed by atoms with Crippen LogP contribution in [-0.4, -0.2) is 26.1 Å². The minimum Gasteiger partial charge on any atom is -0.491 e. The molecule has 4 rings (SSSR count). The Kier molecular flexibility index (Phi) is 6.99. The summed E-state index contributed by atoms with van der Waals surface area (Å²) in [5, 5.41) is 1.40. The quantitative estimate of drug-likeness (QED) is 0.461. The molecule has 6 nitrogen and oxygen atoms in total. The van der Waals surface area contributed by atoms with Crippen LogP contribution in [0, 0.1) is 17.6 Å². The van der Waals surface area contributed by atoms with Crippen molar-refractivity contribution in [3.05, 3.63) is 75.6 Å². The van der Waals surface area contributed by atoms with E-state index in [0.717, 1.165) is 24.1 Å². The summed E-state index contributed by atoms with van der Waals surface area (Å²) < 4.78 is 61.5. The maximum absolute atomic E-state index is 14.7. The minimum absolute atomic E-state index is 0.0156. The van der Waals surface area contributed by atoms with E-state index in [4.69, 9.17) is 22.1 Å². The topological polar surface area (TPSA) is 94.3 Å². The van der Waals surface area contributed by atoms with Gasteiger partial charge in [-0.2, -0.15) is 0 Å². The Morgan fingerprint density at radius 1 is 1.27 bits per heavy atom. The Morgan fingerprint density at radius 3 is 2.82 bits per heavy atom. The molecule has 0 amide bonds. The largest absolute Gasteiger partial charge is 0.491 e. The number of ether oxygens (including phenoxy) is 1. The highest BCUT2D eigenvalue weighted by Crippen LogP contribution is 2.35. The van der Waals surface area contributed by atoms with Gasteiger partial charge in [0, 0.05) is 23.4 Å². The molecule has 0 saturated carbocycles. The molecule has 0 spiro atoms. The van der Waals surface area contributed by atoms with Gasteiger partial charge in [-0.05, 0) is 42.2 Å². The van der Waals surface area contributed by atoms with Crippen LogP contribution < -0.4 is 15.2 Å². The number of allylic oxidation sites excluding steroid dienone is 1. The van der Waals surface area contributed by atoms with Crippen LogP contribution in [0.15, 0.2) is 58.3 Å². The Labute approximate surface area is 199 Å². The molecule has 0 fully saturated rings. The molecule has 0 saturated heterocycles. The van der Waals surface area contributed by atoms with Crippen molar-refractivity contribution in [1.82, 2.24) is 4.98 Å². The second-order valence-electron chi connectivity index (χ2n) is 7.52. The summed E-state index contributed by atoms with van der Waals surface area (Å²) in [7, 11) is -4.23. The SMILES string of the molecule is NC1CCC=C(c2cccc(F)c2)C1COc1cc(F)c(S(=O)(=O)Nc2cscn2)cc1Cl. The average Bonchev–Trinajstić information content (AvgIpc) is 3.26. The van der Waals surface area contributed by atoms with Crippen LogP contribution in [0.3, 0.4) is 0 Å². The lowest BCUT2D eigenvalue weighted by molar-refractivity contribution is 0.252. The number of benzene rings is 2. The standard InChI is InChI=1S/C22H20ClF2N3O3S2/c23-17-8-21(33(29,30)28-22-11-32-12-27-22)18(25)9-20(17)31-10-16-15(5-2-6-19(16)26)13-3-1-4-14(24)7-13/h1,3-5,7-9,11-12,16,19,28H,2,6,10,26H2. The zero-order chi connectivity index (χ0) is 23.6. The lowest BCUT2D eigenvalue weighted by Crippen LogP contribution is -2.36. The third-order valence-corrected chi connectivity index (χ3v) is 7.56. The van der Waals surface area contributed by atoms with Crippen molar-refractivity contribution in [1.29, 1.82) is 0 Å². The predicted octanol–water partition coefficient (Wildman–Crippen LogP) is 5.08. The van der Waals surface area contributed by atoms with Crippen LogP contribution in [-0.2, 0) is 10.0 Å². The number of aromatic nitrogens is 1. The van der Waals surface area contributed by atoms with Crippen LogP contribution >= 0.6 is 22.9 Å². The van der Waals surface area contributed by atoms with E-state index in [9.17, 15) is 17.2 Å². The normalized spacial score (nSPS) is 18.6. The molecule has 3 N–H and O–H groups in total. The molecule has 1 aliphatic rings. The molecule has 11 heteroatoms. The first kappa shape index (κ1) is 23.6. The summed E-state index contributed by atoms with van der Waals surface area (Å²) in [6.07, 6.45) is 3.46. The van der Waals surface area contributed by atoms with E-state index in [1.165, 1.54) is 34.4 Å². The number of nitrogens with one attached hydrogen (secondary N) is 1. The number of sulfonamides is 1. The van der Waals surface area contributed by atoms with Crippen LogP contribution in [0.1, 0.15) is 18.4 Å². The van der Waals surface area contributed by atoms with Crippen LogP contribution in [0.25, 0.3) is 5.57 Å². The van der Waals surface area contributed by atoms with Gasteiger partial charge >= 0.3 is 0 Å². The maximum atomic E-state index is 14.7. The van der Waals surface area contributed by atoms with E-state index in [1.54, 1.807) is 12.1 Å². The fourth-order valence-electron chi connectivity index (χ4n) is 3.69. The molecule has 174 valence electrons. The Balaban J connectivity index is 1.55. The highest BCUT2D eigenvalue weighted by Gasteiger charge is 2.28. The molecule has 2 aromatic carbocycles. The summed E-state index contributed by atoms with van der Waals surface area (Å²) in [4.78, 5) is 3.21. The zero-order valence-corrected chi connectivity index (χ0v) is 19.6. The van der Waals surface area contributed by atoms with Crippen LogP contribution in [0.4, 0.5) is 14.6 Å². The molecule has 33 heavy (non-hydrogen) atoms. The monoisotopic (exact) mass is 511 g/mol. The first-order valence-electron chi connectivity index (χ1n) is 9.99. The van der Waals surface area contributed by atoms with Gasteiger partial charge in [-0.25, -0.2) is 22.2 Å². The maximum Gasteiger partial charge on any atom is 0.266 e. The van der Waals surface area contributed by atoms with Crippen molar-refractivity contribution in [3.8, 4) is 5.75 Å². The number of thiazole rings is 1. The first-order valence-corrected chi connectivity index (χ1v) is 12.8. The van der Waals surface area contributed by atoms with Gasteiger partial charge in [0.15, 0.2) is 5.82 Å². The van der Waals surface area contributed by atoms with Gasteiger partial charge in [-0.1, -0.05) is 29.8 Å². The smallest absolute Gasteiger partial charge is 0.266 e. The molecule has 1 aliphatic carbocycles. The number of rotatable bonds is 7. The van der Waals surface area contributed by atoms with Crippen molar-refractivity contribution in [2.45, 2.75) is 23.8 Å². The molecule has 1 heterocycles. The highest BCUT2D eigenvalue weighted by molar-refractivity contribution is 7.92. The molecule has 2 unspecified atom stereocenters. The lowest BCUT2D eigenvalue weighted by Gasteiger charge is -2.30. The Morgan fingerprint density at radius 2 is 2.09 bits per heavy atom. The number of nitrogens with two attached hydrogens (primary N) is 1. The second kappa shape index (κ2) is 9.76. The average molecular weight is 512 g/mol. The van der Waals surface area contributed by atoms with Crippen LogP contribution in [0.5, 0.6) is 5.75 Å². The number of nitrogens with zero attached hydrogens (tertiary/aromatic N) is 1. The predicted molar refractivity (Wildman–Crippen MR) is 125 cm³/mol. The minimum atomic E-state index is -4.23. The number of hydrogen-bond donors (Lipinski definition) is 2. The third kappa shape index (κ3) is 5.35. The van der Waals surface area contributed by atoms with E-state index in [2.05, 4.69) is 9.71 Å². The number of hydrogen-bond acceptors (Lipinski definition) is 6. The van der Waals surface area contributed by atoms with Gasteiger partial charge < -0.3 is 10.5 Å². The van der Waals surface area contributed by atoms with E-state index < -0.39 is 20.7 Å². The van der Waals surface area contributed by atoms with Crippen molar-refractivity contribution in [2.75, 3.05) is 11.3 Å². The molecule has 0 bridgehead atoms. The van der Waals surface area contributed by atoms with E-state index >= 15 is 0 Å². The van der Waals surface area contributed by atoms with Gasteiger partial charge in [0.2, 0.25) is 0 Å². The zero-order valence-electron chi connectivity index (χ0n) is 17.2. The van der Waals surface area contributed by atoms with Crippen LogP contribution in [0.2, 0.25) is 5.02 Å². The van der Waals surface area contributed by atoms with Crippen molar-refractivity contribution in [3.63, 3.8) is 0 Å². The fourth-order valence-corrected chi connectivity index (χ4v) is 5.62. The van der Waals surface area contributed by atoms with Gasteiger partial charge in [0.1, 0.15) is 22.3 Å². The molecule has 3 aromatic rings. The second-order valence-corrected chi connectivity index (χ2v) is 10.3. The number of halogens is 3. The van der Waals surface area contributed by atoms with E-state index in [1.807, 2.05) is 6.08 Å². The van der Waals surface area contributed by atoms with Crippen molar-refractivity contribution in [2.24, 2.45) is 11.7 Å². The lowest BCUT2D eigenvalue weighted by atomic mass is 9.81. The van der Waals surface area contributed by atoms with Crippen molar-refractivity contribution < 1.29 is 21.9 Å². The fraction of sp³-hybridized carbons (Fsp3) is 0.227. The number of anilines is 1. The van der Waals surface area contributed by atoms with Gasteiger partial charge in [-0.15, -0.1) is 11.3 Å². The Hall–Kier alpha value is -2.53.